The Morgan fingerprint density at radius 2 is 1.67 bits per heavy atom. The van der Waals surface area contributed by atoms with Gasteiger partial charge in [0.05, 0.1) is 0 Å². The molecule has 1 N–H and O–H groups in total. The van der Waals surface area contributed by atoms with Crippen molar-refractivity contribution < 1.29 is 0 Å². The quantitative estimate of drug-likeness (QED) is 0.918. The fraction of sp³-hybridized carbons (Fsp3) is 0.368. The number of rotatable bonds is 4. The Morgan fingerprint density at radius 1 is 0.952 bits per heavy atom. The SMILES string of the molecule is CC[C@@H](c1cccc(-c2ccccc2)c1)N1CCNCC1. The molecule has 1 aliphatic rings. The molecule has 2 nitrogen and oxygen atoms in total. The topological polar surface area (TPSA) is 15.3 Å². The van der Waals surface area contributed by atoms with Gasteiger partial charge < -0.3 is 5.32 Å². The molecule has 3 rings (SSSR count). The highest BCUT2D eigenvalue weighted by Gasteiger charge is 2.20. The van der Waals surface area contributed by atoms with Crippen LogP contribution < -0.4 is 5.32 Å². The van der Waals surface area contributed by atoms with Gasteiger partial charge in [0.1, 0.15) is 0 Å². The van der Waals surface area contributed by atoms with Crippen LogP contribution in [-0.4, -0.2) is 31.1 Å². The van der Waals surface area contributed by atoms with E-state index in [9.17, 15) is 0 Å². The summed E-state index contributed by atoms with van der Waals surface area (Å²) in [6.07, 6.45) is 1.16. The molecule has 21 heavy (non-hydrogen) atoms. The van der Waals surface area contributed by atoms with E-state index < -0.39 is 0 Å². The maximum Gasteiger partial charge on any atom is 0.0346 e. The summed E-state index contributed by atoms with van der Waals surface area (Å²) in [7, 11) is 0. The molecule has 110 valence electrons. The Bertz CT molecular complexity index is 559. The van der Waals surface area contributed by atoms with Crippen LogP contribution in [0.4, 0.5) is 0 Å². The van der Waals surface area contributed by atoms with Crippen molar-refractivity contribution in [2.24, 2.45) is 0 Å². The van der Waals surface area contributed by atoms with Gasteiger partial charge in [-0.2, -0.15) is 0 Å². The summed E-state index contributed by atoms with van der Waals surface area (Å²) >= 11 is 0. The van der Waals surface area contributed by atoms with Crippen molar-refractivity contribution in [2.75, 3.05) is 26.2 Å². The maximum atomic E-state index is 3.44. The van der Waals surface area contributed by atoms with E-state index in [2.05, 4.69) is 71.7 Å². The smallest absolute Gasteiger partial charge is 0.0346 e. The number of hydrogen-bond acceptors (Lipinski definition) is 2. The van der Waals surface area contributed by atoms with Crippen LogP contribution in [0.25, 0.3) is 11.1 Å². The van der Waals surface area contributed by atoms with E-state index in [4.69, 9.17) is 0 Å². The Labute approximate surface area is 127 Å². The van der Waals surface area contributed by atoms with Crippen LogP contribution in [0.3, 0.4) is 0 Å². The van der Waals surface area contributed by atoms with Gasteiger partial charge in [0.25, 0.3) is 0 Å². The average molecular weight is 280 g/mol. The van der Waals surface area contributed by atoms with Crippen LogP contribution in [0.5, 0.6) is 0 Å². The van der Waals surface area contributed by atoms with Gasteiger partial charge >= 0.3 is 0 Å². The van der Waals surface area contributed by atoms with Crippen molar-refractivity contribution in [3.63, 3.8) is 0 Å². The lowest BCUT2D eigenvalue weighted by Crippen LogP contribution is -2.45. The first-order valence-electron chi connectivity index (χ1n) is 7.98. The first-order valence-corrected chi connectivity index (χ1v) is 7.98. The Hall–Kier alpha value is -1.64. The van der Waals surface area contributed by atoms with Crippen LogP contribution in [0.15, 0.2) is 54.6 Å². The van der Waals surface area contributed by atoms with E-state index >= 15 is 0 Å². The lowest BCUT2D eigenvalue weighted by Gasteiger charge is -2.35. The lowest BCUT2D eigenvalue weighted by molar-refractivity contribution is 0.169. The largest absolute Gasteiger partial charge is 0.314 e. The Kier molecular flexibility index (Phi) is 4.69. The molecule has 1 aliphatic heterocycles. The zero-order valence-electron chi connectivity index (χ0n) is 12.8. The van der Waals surface area contributed by atoms with Crippen molar-refractivity contribution in [1.29, 1.82) is 0 Å². The number of nitrogens with zero attached hydrogens (tertiary/aromatic N) is 1. The first kappa shape index (κ1) is 14.3. The zero-order chi connectivity index (χ0) is 14.5. The normalized spacial score (nSPS) is 17.6. The predicted octanol–water partition coefficient (Wildman–Crippen LogP) is 3.71. The molecule has 0 saturated carbocycles. The summed E-state index contributed by atoms with van der Waals surface area (Å²) in [5.74, 6) is 0. The minimum Gasteiger partial charge on any atom is -0.314 e. The molecule has 1 fully saturated rings. The van der Waals surface area contributed by atoms with E-state index in [1.165, 1.54) is 16.7 Å². The van der Waals surface area contributed by atoms with Gasteiger partial charge in [-0.15, -0.1) is 0 Å². The molecule has 1 saturated heterocycles. The number of nitrogens with one attached hydrogen (secondary N) is 1. The van der Waals surface area contributed by atoms with Gasteiger partial charge in [0.15, 0.2) is 0 Å². The average Bonchev–Trinajstić information content (AvgIpc) is 2.58. The van der Waals surface area contributed by atoms with E-state index in [0.717, 1.165) is 32.6 Å². The fourth-order valence-electron chi connectivity index (χ4n) is 3.25. The molecule has 1 atom stereocenters. The molecule has 0 spiro atoms. The lowest BCUT2D eigenvalue weighted by atomic mass is 9.97. The number of hydrogen-bond donors (Lipinski definition) is 1. The van der Waals surface area contributed by atoms with Crippen LogP contribution in [0.2, 0.25) is 0 Å². The first-order chi connectivity index (χ1) is 10.4. The summed E-state index contributed by atoms with van der Waals surface area (Å²) < 4.78 is 0. The van der Waals surface area contributed by atoms with Crippen molar-refractivity contribution in [1.82, 2.24) is 10.2 Å². The molecule has 2 heteroatoms. The van der Waals surface area contributed by atoms with Crippen LogP contribution in [0, 0.1) is 0 Å². The molecular formula is C19H24N2. The second-order valence-corrected chi connectivity index (χ2v) is 5.70. The van der Waals surface area contributed by atoms with Gasteiger partial charge in [-0.3, -0.25) is 4.90 Å². The maximum absolute atomic E-state index is 3.44. The Morgan fingerprint density at radius 3 is 2.38 bits per heavy atom. The van der Waals surface area contributed by atoms with Gasteiger partial charge in [-0.05, 0) is 29.2 Å². The van der Waals surface area contributed by atoms with Crippen LogP contribution >= 0.6 is 0 Å². The number of piperazine rings is 1. The highest BCUT2D eigenvalue weighted by molar-refractivity contribution is 5.64. The summed E-state index contributed by atoms with van der Waals surface area (Å²) in [6.45, 7) is 6.80. The Balaban J connectivity index is 1.87. The summed E-state index contributed by atoms with van der Waals surface area (Å²) in [6, 6.07) is 20.2. The minimum absolute atomic E-state index is 0.538. The summed E-state index contributed by atoms with van der Waals surface area (Å²) in [5.41, 5.74) is 4.07. The van der Waals surface area contributed by atoms with Gasteiger partial charge in [-0.1, -0.05) is 55.5 Å². The van der Waals surface area contributed by atoms with Crippen molar-refractivity contribution in [2.45, 2.75) is 19.4 Å². The zero-order valence-corrected chi connectivity index (χ0v) is 12.8. The van der Waals surface area contributed by atoms with Crippen LogP contribution in [0.1, 0.15) is 24.9 Å². The van der Waals surface area contributed by atoms with E-state index in [-0.39, 0.29) is 0 Å². The number of benzene rings is 2. The third kappa shape index (κ3) is 3.34. The molecule has 0 radical (unpaired) electrons. The molecular weight excluding hydrogens is 256 g/mol. The van der Waals surface area contributed by atoms with Crippen molar-refractivity contribution >= 4 is 0 Å². The van der Waals surface area contributed by atoms with E-state index in [1.54, 1.807) is 0 Å². The van der Waals surface area contributed by atoms with E-state index in [1.807, 2.05) is 0 Å². The fourth-order valence-corrected chi connectivity index (χ4v) is 3.25. The second kappa shape index (κ2) is 6.88. The van der Waals surface area contributed by atoms with Crippen molar-refractivity contribution in [3.05, 3.63) is 60.2 Å². The standard InChI is InChI=1S/C19H24N2/c1-2-19(21-13-11-20-12-14-21)18-10-6-9-17(15-18)16-7-4-3-5-8-16/h3-10,15,19-20H,2,11-14H2,1H3/t19-/m0/s1. The molecule has 0 bridgehead atoms. The molecule has 2 aromatic rings. The molecule has 0 amide bonds. The van der Waals surface area contributed by atoms with Gasteiger partial charge in [-0.25, -0.2) is 0 Å². The summed E-state index contributed by atoms with van der Waals surface area (Å²) in [5, 5.41) is 3.44. The van der Waals surface area contributed by atoms with Crippen LogP contribution in [-0.2, 0) is 0 Å². The minimum atomic E-state index is 0.538. The van der Waals surface area contributed by atoms with Crippen molar-refractivity contribution in [3.8, 4) is 11.1 Å². The molecule has 1 heterocycles. The van der Waals surface area contributed by atoms with Gasteiger partial charge in [0.2, 0.25) is 0 Å². The van der Waals surface area contributed by atoms with E-state index in [0.29, 0.717) is 6.04 Å². The molecule has 2 aromatic carbocycles. The summed E-state index contributed by atoms with van der Waals surface area (Å²) in [4.78, 5) is 2.61. The highest BCUT2D eigenvalue weighted by Crippen LogP contribution is 2.28. The second-order valence-electron chi connectivity index (χ2n) is 5.70. The molecule has 0 aliphatic carbocycles. The highest BCUT2D eigenvalue weighted by atomic mass is 15.2. The molecule has 0 unspecified atom stereocenters. The third-order valence-corrected chi connectivity index (χ3v) is 4.36. The monoisotopic (exact) mass is 280 g/mol. The van der Waals surface area contributed by atoms with Gasteiger partial charge in [0, 0.05) is 32.2 Å². The molecule has 0 aromatic heterocycles. The predicted molar refractivity (Wildman–Crippen MR) is 89.4 cm³/mol. The third-order valence-electron chi connectivity index (χ3n) is 4.36.